The van der Waals surface area contributed by atoms with Crippen LogP contribution in [0, 0.1) is 0 Å². The van der Waals surface area contributed by atoms with Crippen LogP contribution < -0.4 is 21.7 Å². The highest BCUT2D eigenvalue weighted by atomic mass is 35.5. The maximum absolute atomic E-state index is 6.17. The van der Waals surface area contributed by atoms with E-state index in [1.54, 1.807) is 0 Å². The standard InChI is InChI=1S/C21H22ClN2P/c22-18-9-7-8-17(14-18)16-24-21(15-23)25(19-10-3-1-4-11-19)20-12-5-2-6-13-20/h1-14,21,24H,15-16,23H2. The molecule has 0 aromatic heterocycles. The topological polar surface area (TPSA) is 38.0 Å². The molecule has 0 fully saturated rings. The average molecular weight is 369 g/mol. The molecule has 3 N–H and O–H groups in total. The molecule has 1 unspecified atom stereocenters. The van der Waals surface area contributed by atoms with Crippen LogP contribution >= 0.6 is 19.5 Å². The molecule has 0 radical (unpaired) electrons. The van der Waals surface area contributed by atoms with Gasteiger partial charge in [-0.15, -0.1) is 0 Å². The fourth-order valence-corrected chi connectivity index (χ4v) is 5.55. The Labute approximate surface area is 155 Å². The van der Waals surface area contributed by atoms with Crippen molar-refractivity contribution in [3.8, 4) is 0 Å². The Morgan fingerprint density at radius 1 is 0.840 bits per heavy atom. The van der Waals surface area contributed by atoms with Crippen LogP contribution in [0.4, 0.5) is 0 Å². The molecule has 0 aliphatic carbocycles. The molecule has 2 nitrogen and oxygen atoms in total. The molecule has 0 spiro atoms. The molecule has 0 saturated heterocycles. The number of benzene rings is 3. The Morgan fingerprint density at radius 3 is 1.96 bits per heavy atom. The number of nitrogens with two attached hydrogens (primary N) is 1. The van der Waals surface area contributed by atoms with E-state index in [4.69, 9.17) is 17.3 Å². The fraction of sp³-hybridized carbons (Fsp3) is 0.143. The van der Waals surface area contributed by atoms with Gasteiger partial charge < -0.3 is 11.1 Å². The van der Waals surface area contributed by atoms with Gasteiger partial charge in [-0.1, -0.05) is 84.4 Å². The SMILES string of the molecule is NCC(NCc1cccc(Cl)c1)P(c1ccccc1)c1ccccc1. The lowest BCUT2D eigenvalue weighted by Gasteiger charge is -2.28. The average Bonchev–Trinajstić information content (AvgIpc) is 2.66. The first kappa shape index (κ1) is 18.1. The molecule has 0 aliphatic heterocycles. The molecule has 1 atom stereocenters. The second-order valence-electron chi connectivity index (χ2n) is 5.80. The largest absolute Gasteiger partial charge is 0.329 e. The first-order valence-corrected chi connectivity index (χ1v) is 10.1. The first-order chi connectivity index (χ1) is 12.3. The van der Waals surface area contributed by atoms with Gasteiger partial charge in [-0.05, 0) is 36.2 Å². The molecule has 128 valence electrons. The highest BCUT2D eigenvalue weighted by molar-refractivity contribution is 7.73. The summed E-state index contributed by atoms with van der Waals surface area (Å²) in [6.07, 6.45) is 0. The molecule has 3 aromatic rings. The van der Waals surface area contributed by atoms with E-state index in [1.807, 2.05) is 18.2 Å². The lowest BCUT2D eigenvalue weighted by atomic mass is 10.2. The minimum absolute atomic E-state index is 0.193. The molecule has 0 aliphatic rings. The number of nitrogens with one attached hydrogen (secondary N) is 1. The van der Waals surface area contributed by atoms with Crippen LogP contribution in [0.5, 0.6) is 0 Å². The van der Waals surface area contributed by atoms with E-state index in [0.717, 1.165) is 11.6 Å². The van der Waals surface area contributed by atoms with Gasteiger partial charge in [-0.3, -0.25) is 0 Å². The molecule has 0 bridgehead atoms. The monoisotopic (exact) mass is 368 g/mol. The summed E-state index contributed by atoms with van der Waals surface area (Å²) in [7, 11) is -0.587. The molecule has 25 heavy (non-hydrogen) atoms. The van der Waals surface area contributed by atoms with Crippen LogP contribution in [0.15, 0.2) is 84.9 Å². The van der Waals surface area contributed by atoms with Gasteiger partial charge in [0.25, 0.3) is 0 Å². The van der Waals surface area contributed by atoms with Gasteiger partial charge in [0.2, 0.25) is 0 Å². The second kappa shape index (κ2) is 9.12. The molecule has 3 rings (SSSR count). The third-order valence-electron chi connectivity index (χ3n) is 4.03. The summed E-state index contributed by atoms with van der Waals surface area (Å²) >= 11 is 6.10. The highest BCUT2D eigenvalue weighted by Crippen LogP contribution is 2.37. The molecule has 3 aromatic carbocycles. The van der Waals surface area contributed by atoms with E-state index in [-0.39, 0.29) is 5.78 Å². The van der Waals surface area contributed by atoms with Gasteiger partial charge in [-0.25, -0.2) is 0 Å². The molecule has 0 amide bonds. The van der Waals surface area contributed by atoms with E-state index in [2.05, 4.69) is 72.0 Å². The number of hydrogen-bond donors (Lipinski definition) is 2. The van der Waals surface area contributed by atoms with E-state index in [9.17, 15) is 0 Å². The molecule has 4 heteroatoms. The van der Waals surface area contributed by atoms with Crippen LogP contribution in [0.3, 0.4) is 0 Å². The highest BCUT2D eigenvalue weighted by Gasteiger charge is 2.23. The predicted octanol–water partition coefficient (Wildman–Crippen LogP) is 3.85. The van der Waals surface area contributed by atoms with E-state index < -0.39 is 7.92 Å². The van der Waals surface area contributed by atoms with Gasteiger partial charge in [0, 0.05) is 23.9 Å². The normalized spacial score (nSPS) is 12.3. The third kappa shape index (κ3) is 4.90. The maximum atomic E-state index is 6.17. The van der Waals surface area contributed by atoms with Crippen molar-refractivity contribution in [1.82, 2.24) is 5.32 Å². The summed E-state index contributed by atoms with van der Waals surface area (Å²) < 4.78 is 0. The zero-order valence-corrected chi connectivity index (χ0v) is 15.6. The molecule has 0 heterocycles. The first-order valence-electron chi connectivity index (χ1n) is 8.35. The van der Waals surface area contributed by atoms with E-state index in [1.165, 1.54) is 16.2 Å². The molecular formula is C21H22ClN2P. The number of rotatable bonds is 7. The van der Waals surface area contributed by atoms with Crippen molar-refractivity contribution in [2.24, 2.45) is 5.73 Å². The second-order valence-corrected chi connectivity index (χ2v) is 8.64. The van der Waals surface area contributed by atoms with E-state index >= 15 is 0 Å². The van der Waals surface area contributed by atoms with Crippen LogP contribution in [0.25, 0.3) is 0 Å². The van der Waals surface area contributed by atoms with Crippen molar-refractivity contribution < 1.29 is 0 Å². The smallest absolute Gasteiger partial charge is 0.0477 e. The van der Waals surface area contributed by atoms with Crippen molar-refractivity contribution in [1.29, 1.82) is 0 Å². The van der Waals surface area contributed by atoms with Gasteiger partial charge in [-0.2, -0.15) is 0 Å². The summed E-state index contributed by atoms with van der Waals surface area (Å²) in [5.41, 5.74) is 7.34. The molecule has 0 saturated carbocycles. The van der Waals surface area contributed by atoms with Gasteiger partial charge in [0.15, 0.2) is 0 Å². The van der Waals surface area contributed by atoms with Gasteiger partial charge in [0.1, 0.15) is 0 Å². The minimum atomic E-state index is -0.587. The Balaban J connectivity index is 1.85. The van der Waals surface area contributed by atoms with Crippen molar-refractivity contribution in [2.75, 3.05) is 6.54 Å². The van der Waals surface area contributed by atoms with Crippen LogP contribution in [0.2, 0.25) is 5.02 Å². The Bertz CT molecular complexity index is 741. The Hall–Kier alpha value is -1.70. The summed E-state index contributed by atoms with van der Waals surface area (Å²) in [6.45, 7) is 1.33. The van der Waals surface area contributed by atoms with Crippen molar-refractivity contribution in [3.05, 3.63) is 95.5 Å². The number of halogens is 1. The van der Waals surface area contributed by atoms with Crippen LogP contribution in [0.1, 0.15) is 5.56 Å². The Morgan fingerprint density at radius 2 is 1.44 bits per heavy atom. The zero-order chi connectivity index (χ0) is 17.5. The third-order valence-corrected chi connectivity index (χ3v) is 7.00. The van der Waals surface area contributed by atoms with Crippen LogP contribution in [-0.2, 0) is 6.54 Å². The van der Waals surface area contributed by atoms with Crippen molar-refractivity contribution in [2.45, 2.75) is 12.3 Å². The zero-order valence-electron chi connectivity index (χ0n) is 14.0. The van der Waals surface area contributed by atoms with Gasteiger partial charge >= 0.3 is 0 Å². The number of hydrogen-bond acceptors (Lipinski definition) is 2. The maximum Gasteiger partial charge on any atom is 0.0477 e. The van der Waals surface area contributed by atoms with Crippen molar-refractivity contribution in [3.63, 3.8) is 0 Å². The lowest BCUT2D eigenvalue weighted by molar-refractivity contribution is 0.649. The van der Waals surface area contributed by atoms with Crippen molar-refractivity contribution >= 4 is 30.1 Å². The quantitative estimate of drug-likeness (QED) is 0.622. The van der Waals surface area contributed by atoms with Crippen LogP contribution in [-0.4, -0.2) is 12.3 Å². The summed E-state index contributed by atoms with van der Waals surface area (Å²) in [6, 6.07) is 29.2. The Kier molecular flexibility index (Phi) is 6.61. The summed E-state index contributed by atoms with van der Waals surface area (Å²) in [4.78, 5) is 0. The minimum Gasteiger partial charge on any atom is -0.329 e. The van der Waals surface area contributed by atoms with E-state index in [0.29, 0.717) is 6.54 Å². The fourth-order valence-electron chi connectivity index (χ4n) is 2.85. The lowest BCUT2D eigenvalue weighted by Crippen LogP contribution is -2.39. The predicted molar refractivity (Wildman–Crippen MR) is 110 cm³/mol. The summed E-state index contributed by atoms with van der Waals surface area (Å²) in [5.74, 6) is 0.193. The summed E-state index contributed by atoms with van der Waals surface area (Å²) in [5, 5.41) is 7.08. The molecular weight excluding hydrogens is 347 g/mol. The van der Waals surface area contributed by atoms with Gasteiger partial charge in [0.05, 0.1) is 0 Å².